The van der Waals surface area contributed by atoms with Gasteiger partial charge in [0.05, 0.1) is 17.5 Å². The van der Waals surface area contributed by atoms with Crippen molar-refractivity contribution in [1.29, 1.82) is 0 Å². The van der Waals surface area contributed by atoms with Gasteiger partial charge in [0.25, 0.3) is 11.8 Å². The summed E-state index contributed by atoms with van der Waals surface area (Å²) in [4.78, 5) is 28.8. The maximum atomic E-state index is 12.3. The molecule has 0 radical (unpaired) electrons. The van der Waals surface area contributed by atoms with E-state index in [-0.39, 0.29) is 16.9 Å². The number of pyridine rings is 1. The van der Waals surface area contributed by atoms with Crippen LogP contribution in [0, 0.1) is 6.92 Å². The van der Waals surface area contributed by atoms with Crippen molar-refractivity contribution in [3.63, 3.8) is 0 Å². The number of carbonyl (C=O) groups is 2. The molecule has 1 heterocycles. The molecule has 2 aromatic carbocycles. The molecule has 2 amide bonds. The molecule has 0 unspecified atom stereocenters. The highest BCUT2D eigenvalue weighted by molar-refractivity contribution is 7.92. The molecule has 3 aromatic rings. The van der Waals surface area contributed by atoms with Crippen molar-refractivity contribution >= 4 is 38.4 Å². The number of aromatic nitrogens is 1. The quantitative estimate of drug-likeness (QED) is 0.581. The standard InChI is InChI=1S/C19H18N4O4S/c1-12-7-8-14(11-17(12)23-28(2,26)27)18(24)21-22-19(25)16-10-9-13-5-3-4-6-15(13)20-16/h3-11,23H,1-2H3,(H,21,24)(H,22,25). The SMILES string of the molecule is Cc1ccc(C(=O)NNC(=O)c2ccc3ccccc3n2)cc1NS(C)(=O)=O. The topological polar surface area (TPSA) is 117 Å². The molecule has 0 atom stereocenters. The highest BCUT2D eigenvalue weighted by Gasteiger charge is 2.13. The summed E-state index contributed by atoms with van der Waals surface area (Å²) >= 11 is 0. The minimum atomic E-state index is -3.48. The number of carbonyl (C=O) groups excluding carboxylic acids is 2. The van der Waals surface area contributed by atoms with E-state index < -0.39 is 21.8 Å². The number of fused-ring (bicyclic) bond motifs is 1. The molecule has 144 valence electrons. The van der Waals surface area contributed by atoms with E-state index in [2.05, 4.69) is 20.6 Å². The van der Waals surface area contributed by atoms with E-state index in [1.807, 2.05) is 18.2 Å². The lowest BCUT2D eigenvalue weighted by Crippen LogP contribution is -2.42. The van der Waals surface area contributed by atoms with Gasteiger partial charge in [0.2, 0.25) is 10.0 Å². The zero-order valence-electron chi connectivity index (χ0n) is 15.2. The Hall–Kier alpha value is -3.46. The number of nitrogens with zero attached hydrogens (tertiary/aromatic N) is 1. The normalized spacial score (nSPS) is 11.1. The third-order valence-electron chi connectivity index (χ3n) is 3.92. The van der Waals surface area contributed by atoms with Crippen LogP contribution in [0.3, 0.4) is 0 Å². The zero-order chi connectivity index (χ0) is 20.3. The van der Waals surface area contributed by atoms with Crippen LogP contribution in [0.25, 0.3) is 10.9 Å². The summed E-state index contributed by atoms with van der Waals surface area (Å²) in [6.07, 6.45) is 1.02. The van der Waals surface area contributed by atoms with Gasteiger partial charge in [0.1, 0.15) is 5.69 Å². The predicted molar refractivity (Wildman–Crippen MR) is 106 cm³/mol. The Labute approximate surface area is 162 Å². The van der Waals surface area contributed by atoms with Crippen LogP contribution in [0.5, 0.6) is 0 Å². The maximum Gasteiger partial charge on any atom is 0.288 e. The molecule has 28 heavy (non-hydrogen) atoms. The van der Waals surface area contributed by atoms with Gasteiger partial charge in [-0.05, 0) is 36.8 Å². The minimum Gasteiger partial charge on any atom is -0.283 e. The molecule has 0 aliphatic carbocycles. The van der Waals surface area contributed by atoms with Crippen LogP contribution in [0.2, 0.25) is 0 Å². The smallest absolute Gasteiger partial charge is 0.283 e. The summed E-state index contributed by atoms with van der Waals surface area (Å²) in [6.45, 7) is 1.71. The second-order valence-corrected chi connectivity index (χ2v) is 7.95. The average Bonchev–Trinajstić information content (AvgIpc) is 2.66. The highest BCUT2D eigenvalue weighted by Crippen LogP contribution is 2.18. The second-order valence-electron chi connectivity index (χ2n) is 6.20. The number of sulfonamides is 1. The largest absolute Gasteiger partial charge is 0.288 e. The van der Waals surface area contributed by atoms with Crippen LogP contribution in [0.1, 0.15) is 26.4 Å². The van der Waals surface area contributed by atoms with Gasteiger partial charge in [-0.15, -0.1) is 0 Å². The third-order valence-corrected chi connectivity index (χ3v) is 4.51. The predicted octanol–water partition coefficient (Wildman–Crippen LogP) is 1.99. The van der Waals surface area contributed by atoms with Gasteiger partial charge in [-0.25, -0.2) is 13.4 Å². The summed E-state index contributed by atoms with van der Waals surface area (Å²) < 4.78 is 25.2. The van der Waals surface area contributed by atoms with Crippen molar-refractivity contribution < 1.29 is 18.0 Å². The van der Waals surface area contributed by atoms with E-state index >= 15 is 0 Å². The number of hydrazine groups is 1. The van der Waals surface area contributed by atoms with Crippen molar-refractivity contribution in [1.82, 2.24) is 15.8 Å². The molecule has 8 nitrogen and oxygen atoms in total. The van der Waals surface area contributed by atoms with Gasteiger partial charge in [-0.3, -0.25) is 25.2 Å². The first-order chi connectivity index (χ1) is 13.2. The molecular weight excluding hydrogens is 380 g/mol. The molecule has 0 aliphatic rings. The van der Waals surface area contributed by atoms with Crippen LogP contribution in [0.4, 0.5) is 5.69 Å². The Morgan fingerprint density at radius 3 is 2.39 bits per heavy atom. The molecule has 0 fully saturated rings. The number of rotatable bonds is 4. The number of anilines is 1. The third kappa shape index (κ3) is 4.63. The van der Waals surface area contributed by atoms with Crippen LogP contribution in [0.15, 0.2) is 54.6 Å². The number of hydrogen-bond acceptors (Lipinski definition) is 5. The Morgan fingerprint density at radius 1 is 0.929 bits per heavy atom. The Morgan fingerprint density at radius 2 is 1.64 bits per heavy atom. The van der Waals surface area contributed by atoms with Crippen LogP contribution >= 0.6 is 0 Å². The first-order valence-corrected chi connectivity index (χ1v) is 10.2. The number of nitrogens with one attached hydrogen (secondary N) is 3. The molecule has 3 N–H and O–H groups in total. The molecular formula is C19H18N4O4S. The first-order valence-electron chi connectivity index (χ1n) is 8.28. The lowest BCUT2D eigenvalue weighted by molar-refractivity contribution is 0.0844. The summed E-state index contributed by atoms with van der Waals surface area (Å²) in [5, 5.41) is 0.897. The van der Waals surface area contributed by atoms with Gasteiger partial charge in [-0.2, -0.15) is 0 Å². The Kier molecular flexibility index (Phi) is 5.27. The number of amides is 2. The number of para-hydroxylation sites is 1. The van der Waals surface area contributed by atoms with E-state index in [4.69, 9.17) is 0 Å². The van der Waals surface area contributed by atoms with Crippen molar-refractivity contribution in [3.8, 4) is 0 Å². The minimum absolute atomic E-state index is 0.155. The molecule has 3 rings (SSSR count). The fourth-order valence-electron chi connectivity index (χ4n) is 2.52. The van der Waals surface area contributed by atoms with Gasteiger partial charge in [0.15, 0.2) is 0 Å². The molecule has 1 aromatic heterocycles. The van der Waals surface area contributed by atoms with Crippen molar-refractivity contribution in [2.24, 2.45) is 0 Å². The number of benzene rings is 2. The maximum absolute atomic E-state index is 12.3. The first kappa shape index (κ1) is 19.3. The fourth-order valence-corrected chi connectivity index (χ4v) is 3.13. The lowest BCUT2D eigenvalue weighted by atomic mass is 10.1. The van der Waals surface area contributed by atoms with Gasteiger partial charge < -0.3 is 0 Å². The highest BCUT2D eigenvalue weighted by atomic mass is 32.2. The van der Waals surface area contributed by atoms with Crippen LogP contribution in [-0.4, -0.2) is 31.5 Å². The molecule has 9 heteroatoms. The molecule has 0 bridgehead atoms. The summed E-state index contributed by atoms with van der Waals surface area (Å²) in [5.74, 6) is -1.16. The average molecular weight is 398 g/mol. The van der Waals surface area contributed by atoms with Gasteiger partial charge in [0, 0.05) is 10.9 Å². The van der Waals surface area contributed by atoms with E-state index in [1.165, 1.54) is 12.1 Å². The van der Waals surface area contributed by atoms with Crippen LogP contribution in [-0.2, 0) is 10.0 Å². The van der Waals surface area contributed by atoms with Crippen molar-refractivity contribution in [2.45, 2.75) is 6.92 Å². The molecule has 0 aliphatic heterocycles. The lowest BCUT2D eigenvalue weighted by Gasteiger charge is -2.11. The monoisotopic (exact) mass is 398 g/mol. The summed E-state index contributed by atoms with van der Waals surface area (Å²) in [6, 6.07) is 15.2. The number of hydrogen-bond donors (Lipinski definition) is 3. The molecule has 0 saturated heterocycles. The number of aryl methyl sites for hydroxylation is 1. The van der Waals surface area contributed by atoms with E-state index in [1.54, 1.807) is 31.2 Å². The molecule has 0 saturated carbocycles. The van der Waals surface area contributed by atoms with Crippen molar-refractivity contribution in [2.75, 3.05) is 11.0 Å². The molecule has 0 spiro atoms. The van der Waals surface area contributed by atoms with Gasteiger partial charge in [-0.1, -0.05) is 30.3 Å². The second kappa shape index (κ2) is 7.65. The van der Waals surface area contributed by atoms with Crippen LogP contribution < -0.4 is 15.6 Å². The van der Waals surface area contributed by atoms with E-state index in [9.17, 15) is 18.0 Å². The van der Waals surface area contributed by atoms with Gasteiger partial charge >= 0.3 is 0 Å². The van der Waals surface area contributed by atoms with Crippen molar-refractivity contribution in [3.05, 3.63) is 71.4 Å². The summed E-state index contributed by atoms with van der Waals surface area (Å²) in [5.41, 5.74) is 6.55. The zero-order valence-corrected chi connectivity index (χ0v) is 16.0. The van der Waals surface area contributed by atoms with E-state index in [0.29, 0.717) is 11.1 Å². The Balaban J connectivity index is 1.70. The Bertz CT molecular complexity index is 1180. The fraction of sp³-hybridized carbons (Fsp3) is 0.105. The van der Waals surface area contributed by atoms with E-state index in [0.717, 1.165) is 11.6 Å². The summed E-state index contributed by atoms with van der Waals surface area (Å²) in [7, 11) is -3.48.